The highest BCUT2D eigenvalue weighted by Crippen LogP contribution is 2.40. The predicted octanol–water partition coefficient (Wildman–Crippen LogP) is 1.81. The minimum atomic E-state index is -1.90. The second-order valence-electron chi connectivity index (χ2n) is 8.72. The Morgan fingerprint density at radius 2 is 1.68 bits per heavy atom. The number of carbonyl (C=O) groups is 3. The number of amides is 3. The summed E-state index contributed by atoms with van der Waals surface area (Å²) in [7, 11) is 0. The highest BCUT2D eigenvalue weighted by molar-refractivity contribution is 6.00. The maximum Gasteiger partial charge on any atom is 0.410 e. The quantitative estimate of drug-likeness (QED) is 0.612. The molecule has 2 heterocycles. The Hall–Kier alpha value is -1.67. The zero-order chi connectivity index (χ0) is 19.2. The first-order valence-corrected chi connectivity index (χ1v) is 8.49. The van der Waals surface area contributed by atoms with Crippen LogP contribution in [-0.2, 0) is 19.2 Å². The van der Waals surface area contributed by atoms with E-state index in [9.17, 15) is 19.5 Å². The van der Waals surface area contributed by atoms with Crippen LogP contribution in [0.3, 0.4) is 0 Å². The first kappa shape index (κ1) is 19.7. The molecule has 142 valence electrons. The fourth-order valence-corrected chi connectivity index (χ4v) is 3.16. The average molecular weight is 356 g/mol. The van der Waals surface area contributed by atoms with E-state index in [0.717, 1.165) is 0 Å². The number of aliphatic hydroxyl groups is 1. The lowest BCUT2D eigenvalue weighted by Crippen LogP contribution is -2.55. The van der Waals surface area contributed by atoms with Crippen LogP contribution >= 0.6 is 0 Å². The molecular formula is C17H28N2O6. The maximum absolute atomic E-state index is 12.6. The standard InChI is InChI=1S/C17H28N2O6/c1-15(2,3)24-14(22)18-10-16(4,5)9-11(18)17(6,23)25-19-12(20)7-8-13(19)21/h11,23H,7-10H2,1-6H3. The zero-order valence-corrected chi connectivity index (χ0v) is 15.8. The van der Waals surface area contributed by atoms with Crippen molar-refractivity contribution in [2.45, 2.75) is 78.2 Å². The second kappa shape index (κ2) is 6.25. The summed E-state index contributed by atoms with van der Waals surface area (Å²) in [4.78, 5) is 42.9. The van der Waals surface area contributed by atoms with Crippen molar-refractivity contribution in [3.05, 3.63) is 0 Å². The van der Waals surface area contributed by atoms with Crippen molar-refractivity contribution >= 4 is 17.9 Å². The molecule has 2 fully saturated rings. The molecule has 25 heavy (non-hydrogen) atoms. The van der Waals surface area contributed by atoms with E-state index in [-0.39, 0.29) is 18.3 Å². The van der Waals surface area contributed by atoms with Crippen LogP contribution in [0.15, 0.2) is 0 Å². The monoisotopic (exact) mass is 356 g/mol. The van der Waals surface area contributed by atoms with E-state index < -0.39 is 35.3 Å². The molecule has 0 radical (unpaired) electrons. The largest absolute Gasteiger partial charge is 0.444 e. The van der Waals surface area contributed by atoms with Gasteiger partial charge in [-0.3, -0.25) is 14.5 Å². The molecule has 1 N–H and O–H groups in total. The van der Waals surface area contributed by atoms with Crippen LogP contribution in [0.4, 0.5) is 4.79 Å². The Morgan fingerprint density at radius 3 is 2.16 bits per heavy atom. The number of hydrogen-bond donors (Lipinski definition) is 1. The number of hydroxylamine groups is 2. The third-order valence-electron chi connectivity index (χ3n) is 4.25. The highest BCUT2D eigenvalue weighted by atomic mass is 16.8. The summed E-state index contributed by atoms with van der Waals surface area (Å²) < 4.78 is 5.43. The van der Waals surface area contributed by atoms with Crippen LogP contribution in [0.2, 0.25) is 0 Å². The Morgan fingerprint density at radius 1 is 1.16 bits per heavy atom. The number of nitrogens with zero attached hydrogens (tertiary/aromatic N) is 2. The van der Waals surface area contributed by atoms with Crippen LogP contribution in [-0.4, -0.2) is 57.0 Å². The summed E-state index contributed by atoms with van der Waals surface area (Å²) in [6.07, 6.45) is -0.0111. The summed E-state index contributed by atoms with van der Waals surface area (Å²) in [6, 6.07) is -0.751. The molecule has 8 nitrogen and oxygen atoms in total. The van der Waals surface area contributed by atoms with E-state index in [1.54, 1.807) is 20.8 Å². The molecule has 2 aliphatic rings. The van der Waals surface area contributed by atoms with Gasteiger partial charge in [-0.2, -0.15) is 5.06 Å². The van der Waals surface area contributed by atoms with Crippen LogP contribution in [0.5, 0.6) is 0 Å². The Balaban J connectivity index is 2.21. The first-order valence-electron chi connectivity index (χ1n) is 8.49. The van der Waals surface area contributed by atoms with Crippen molar-refractivity contribution in [3.63, 3.8) is 0 Å². The highest BCUT2D eigenvalue weighted by Gasteiger charge is 2.52. The SMILES string of the molecule is CC1(C)CC(C(C)(O)ON2C(=O)CCC2=O)N(C(=O)OC(C)(C)C)C1. The zero-order valence-electron chi connectivity index (χ0n) is 15.8. The van der Waals surface area contributed by atoms with E-state index in [4.69, 9.17) is 9.57 Å². The van der Waals surface area contributed by atoms with E-state index in [1.165, 1.54) is 11.8 Å². The predicted molar refractivity (Wildman–Crippen MR) is 87.9 cm³/mol. The van der Waals surface area contributed by atoms with Crippen LogP contribution in [0.25, 0.3) is 0 Å². The van der Waals surface area contributed by atoms with Gasteiger partial charge in [-0.1, -0.05) is 13.8 Å². The maximum atomic E-state index is 12.6. The molecule has 2 saturated heterocycles. The number of ether oxygens (including phenoxy) is 1. The summed E-state index contributed by atoms with van der Waals surface area (Å²) in [5, 5.41) is 11.5. The van der Waals surface area contributed by atoms with Crippen molar-refractivity contribution in [1.29, 1.82) is 0 Å². The number of imide groups is 1. The van der Waals surface area contributed by atoms with Crippen molar-refractivity contribution in [2.24, 2.45) is 5.41 Å². The van der Waals surface area contributed by atoms with Crippen molar-refractivity contribution in [2.75, 3.05) is 6.54 Å². The fraction of sp³-hybridized carbons (Fsp3) is 0.824. The minimum Gasteiger partial charge on any atom is -0.444 e. The van der Waals surface area contributed by atoms with Gasteiger partial charge in [-0.05, 0) is 39.5 Å². The molecule has 0 aromatic rings. The average Bonchev–Trinajstić information content (AvgIpc) is 2.91. The number of likely N-dealkylation sites (tertiary alicyclic amines) is 1. The van der Waals surface area contributed by atoms with Gasteiger partial charge in [0.05, 0.1) is 6.04 Å². The topological polar surface area (TPSA) is 96.4 Å². The lowest BCUT2D eigenvalue weighted by molar-refractivity contribution is -0.311. The van der Waals surface area contributed by atoms with Crippen LogP contribution < -0.4 is 0 Å². The summed E-state index contributed by atoms with van der Waals surface area (Å²) >= 11 is 0. The summed E-state index contributed by atoms with van der Waals surface area (Å²) in [5.74, 6) is -2.89. The van der Waals surface area contributed by atoms with Crippen molar-refractivity contribution in [3.8, 4) is 0 Å². The molecule has 0 bridgehead atoms. The molecule has 2 rings (SSSR count). The molecule has 0 saturated carbocycles. The molecule has 0 aromatic heterocycles. The Kier molecular flexibility index (Phi) is 4.91. The van der Waals surface area contributed by atoms with Crippen LogP contribution in [0.1, 0.15) is 60.8 Å². The van der Waals surface area contributed by atoms with E-state index >= 15 is 0 Å². The lowest BCUT2D eigenvalue weighted by atomic mass is 9.89. The van der Waals surface area contributed by atoms with Gasteiger partial charge in [0.1, 0.15) is 5.60 Å². The normalized spacial score (nSPS) is 26.1. The van der Waals surface area contributed by atoms with Gasteiger partial charge in [-0.15, -0.1) is 0 Å². The number of rotatable bonds is 3. The van der Waals surface area contributed by atoms with Gasteiger partial charge in [0.2, 0.25) is 5.79 Å². The Labute approximate surface area is 148 Å². The molecule has 2 unspecified atom stereocenters. The van der Waals surface area contributed by atoms with Gasteiger partial charge in [-0.25, -0.2) is 9.63 Å². The fourth-order valence-electron chi connectivity index (χ4n) is 3.16. The molecular weight excluding hydrogens is 328 g/mol. The second-order valence-corrected chi connectivity index (χ2v) is 8.72. The van der Waals surface area contributed by atoms with E-state index in [0.29, 0.717) is 18.0 Å². The van der Waals surface area contributed by atoms with Gasteiger partial charge in [0, 0.05) is 19.4 Å². The van der Waals surface area contributed by atoms with Crippen LogP contribution in [0, 0.1) is 5.41 Å². The molecule has 3 amide bonds. The molecule has 0 aliphatic carbocycles. The third-order valence-corrected chi connectivity index (χ3v) is 4.25. The lowest BCUT2D eigenvalue weighted by Gasteiger charge is -2.37. The van der Waals surface area contributed by atoms with E-state index in [2.05, 4.69) is 0 Å². The molecule has 8 heteroatoms. The van der Waals surface area contributed by atoms with Gasteiger partial charge >= 0.3 is 6.09 Å². The first-order chi connectivity index (χ1) is 11.2. The van der Waals surface area contributed by atoms with Crippen molar-refractivity contribution < 1.29 is 29.1 Å². The molecule has 2 atom stereocenters. The number of carbonyl (C=O) groups excluding carboxylic acids is 3. The minimum absolute atomic E-state index is 0.0564. The van der Waals surface area contributed by atoms with Gasteiger partial charge in [0.25, 0.3) is 11.8 Å². The smallest absolute Gasteiger partial charge is 0.410 e. The van der Waals surface area contributed by atoms with E-state index in [1.807, 2.05) is 13.8 Å². The van der Waals surface area contributed by atoms with Gasteiger partial charge < -0.3 is 9.84 Å². The molecule has 2 aliphatic heterocycles. The Bertz CT molecular complexity index is 562. The number of hydrogen-bond acceptors (Lipinski definition) is 6. The van der Waals surface area contributed by atoms with Gasteiger partial charge in [0.15, 0.2) is 0 Å². The third kappa shape index (κ3) is 4.49. The summed E-state index contributed by atoms with van der Waals surface area (Å²) in [6.45, 7) is 10.9. The summed E-state index contributed by atoms with van der Waals surface area (Å²) in [5.41, 5.74) is -0.948. The molecule has 0 spiro atoms. The van der Waals surface area contributed by atoms with Crippen molar-refractivity contribution in [1.82, 2.24) is 9.96 Å². The molecule has 0 aromatic carbocycles.